The molecule has 1 atom stereocenters. The number of nitrogens with zero attached hydrogens (tertiary/aromatic N) is 1. The maximum atomic E-state index is 11.9. The number of amides is 1. The molecule has 1 unspecified atom stereocenters. The van der Waals surface area contributed by atoms with E-state index in [9.17, 15) is 4.79 Å². The first-order chi connectivity index (χ1) is 8.68. The zero-order valence-corrected chi connectivity index (χ0v) is 12.3. The van der Waals surface area contributed by atoms with Gasteiger partial charge in [-0.3, -0.25) is 4.79 Å². The van der Waals surface area contributed by atoms with Gasteiger partial charge in [-0.05, 0) is 39.7 Å². The number of rotatable bonds is 4. The fraction of sp³-hybridized carbons (Fsp3) is 0.692. The Labute approximate surface area is 119 Å². The Kier molecular flexibility index (Phi) is 6.31. The van der Waals surface area contributed by atoms with Crippen molar-refractivity contribution in [1.82, 2.24) is 15.8 Å². The number of aryl methyl sites for hydroxylation is 2. The van der Waals surface area contributed by atoms with Crippen LogP contribution in [0.2, 0.25) is 0 Å². The molecule has 1 fully saturated rings. The van der Waals surface area contributed by atoms with E-state index < -0.39 is 0 Å². The molecule has 2 rings (SSSR count). The molecule has 0 spiro atoms. The van der Waals surface area contributed by atoms with Crippen molar-refractivity contribution in [2.45, 2.75) is 33.1 Å². The topological polar surface area (TPSA) is 67.2 Å². The molecule has 6 heteroatoms. The summed E-state index contributed by atoms with van der Waals surface area (Å²) in [7, 11) is 0. The Bertz CT molecular complexity index is 395. The molecular formula is C13H22ClN3O2. The molecule has 0 radical (unpaired) electrons. The van der Waals surface area contributed by atoms with Gasteiger partial charge >= 0.3 is 0 Å². The highest BCUT2D eigenvalue weighted by molar-refractivity contribution is 5.85. The lowest BCUT2D eigenvalue weighted by Gasteiger charge is -2.21. The highest BCUT2D eigenvalue weighted by Gasteiger charge is 2.20. The highest BCUT2D eigenvalue weighted by atomic mass is 35.5. The molecule has 1 aliphatic rings. The zero-order valence-electron chi connectivity index (χ0n) is 11.5. The largest absolute Gasteiger partial charge is 0.361 e. The third-order valence-electron chi connectivity index (χ3n) is 3.52. The van der Waals surface area contributed by atoms with Crippen LogP contribution >= 0.6 is 12.4 Å². The quantitative estimate of drug-likeness (QED) is 0.878. The maximum Gasteiger partial charge on any atom is 0.224 e. The fourth-order valence-corrected chi connectivity index (χ4v) is 2.39. The molecule has 1 aromatic rings. The summed E-state index contributed by atoms with van der Waals surface area (Å²) >= 11 is 0. The van der Waals surface area contributed by atoms with E-state index in [1.807, 2.05) is 13.8 Å². The van der Waals surface area contributed by atoms with Crippen molar-refractivity contribution in [1.29, 1.82) is 0 Å². The van der Waals surface area contributed by atoms with Crippen LogP contribution in [0, 0.1) is 19.8 Å². The van der Waals surface area contributed by atoms with Gasteiger partial charge in [-0.2, -0.15) is 0 Å². The number of hydrogen-bond acceptors (Lipinski definition) is 4. The smallest absolute Gasteiger partial charge is 0.224 e. The van der Waals surface area contributed by atoms with Gasteiger partial charge in [0, 0.05) is 18.7 Å². The molecule has 0 aromatic carbocycles. The Morgan fingerprint density at radius 3 is 2.89 bits per heavy atom. The van der Waals surface area contributed by atoms with E-state index in [0.717, 1.165) is 49.4 Å². The number of nitrogens with one attached hydrogen (secondary N) is 2. The number of carbonyl (C=O) groups excluding carboxylic acids is 1. The molecule has 2 N–H and O–H groups in total. The van der Waals surface area contributed by atoms with Crippen molar-refractivity contribution in [3.8, 4) is 0 Å². The van der Waals surface area contributed by atoms with Crippen LogP contribution in [0.5, 0.6) is 0 Å². The minimum absolute atomic E-state index is 0. The molecule has 19 heavy (non-hydrogen) atoms. The molecule has 5 nitrogen and oxygen atoms in total. The third kappa shape index (κ3) is 4.21. The van der Waals surface area contributed by atoms with Gasteiger partial charge in [0.1, 0.15) is 5.76 Å². The van der Waals surface area contributed by atoms with Gasteiger partial charge in [-0.25, -0.2) is 0 Å². The number of hydrogen-bond donors (Lipinski definition) is 2. The summed E-state index contributed by atoms with van der Waals surface area (Å²) in [6.07, 6.45) is 2.86. The molecule has 108 valence electrons. The summed E-state index contributed by atoms with van der Waals surface area (Å²) in [6.45, 7) is 6.32. The Balaban J connectivity index is 0.00000180. The van der Waals surface area contributed by atoms with Gasteiger partial charge in [0.05, 0.1) is 11.6 Å². The van der Waals surface area contributed by atoms with Gasteiger partial charge in [-0.1, -0.05) is 5.16 Å². The lowest BCUT2D eigenvalue weighted by Crippen LogP contribution is -2.41. The van der Waals surface area contributed by atoms with Gasteiger partial charge in [-0.15, -0.1) is 12.4 Å². The summed E-state index contributed by atoms with van der Waals surface area (Å²) in [5.41, 5.74) is 2.03. The molecular weight excluding hydrogens is 266 g/mol. The average Bonchev–Trinajstić information content (AvgIpc) is 2.71. The second-order valence-corrected chi connectivity index (χ2v) is 4.89. The van der Waals surface area contributed by atoms with Crippen LogP contribution in [-0.2, 0) is 11.2 Å². The van der Waals surface area contributed by atoms with Crippen molar-refractivity contribution < 1.29 is 9.32 Å². The summed E-state index contributed by atoms with van der Waals surface area (Å²) < 4.78 is 5.10. The first-order valence-corrected chi connectivity index (χ1v) is 6.58. The van der Waals surface area contributed by atoms with Crippen molar-refractivity contribution in [3.63, 3.8) is 0 Å². The number of piperidine rings is 1. The van der Waals surface area contributed by atoms with E-state index in [-0.39, 0.29) is 24.2 Å². The maximum absolute atomic E-state index is 11.9. The van der Waals surface area contributed by atoms with Crippen LogP contribution in [0.25, 0.3) is 0 Å². The predicted octanol–water partition coefficient (Wildman–Crippen LogP) is 1.37. The standard InChI is InChI=1S/C13H21N3O2.ClH/c1-9-12(10(2)18-16-9)5-7-15-13(17)11-4-3-6-14-8-11;/h11,14H,3-8H2,1-2H3,(H,15,17);1H. The van der Waals surface area contributed by atoms with Crippen molar-refractivity contribution >= 4 is 18.3 Å². The van der Waals surface area contributed by atoms with Gasteiger partial charge in [0.2, 0.25) is 5.91 Å². The molecule has 1 amide bonds. The fourth-order valence-electron chi connectivity index (χ4n) is 2.39. The predicted molar refractivity (Wildman–Crippen MR) is 75.5 cm³/mol. The first kappa shape index (κ1) is 16.0. The number of aromatic nitrogens is 1. The molecule has 1 aliphatic heterocycles. The Hall–Kier alpha value is -1.07. The van der Waals surface area contributed by atoms with Crippen LogP contribution in [0.4, 0.5) is 0 Å². The molecule has 0 aliphatic carbocycles. The van der Waals surface area contributed by atoms with E-state index >= 15 is 0 Å². The van der Waals surface area contributed by atoms with Crippen molar-refractivity contribution in [2.24, 2.45) is 5.92 Å². The van der Waals surface area contributed by atoms with Crippen LogP contribution < -0.4 is 10.6 Å². The normalized spacial score (nSPS) is 18.7. The van der Waals surface area contributed by atoms with Crippen LogP contribution in [0.3, 0.4) is 0 Å². The summed E-state index contributed by atoms with van der Waals surface area (Å²) in [5.74, 6) is 1.14. The highest BCUT2D eigenvalue weighted by Crippen LogP contribution is 2.13. The Morgan fingerprint density at radius 2 is 2.32 bits per heavy atom. The van der Waals surface area contributed by atoms with E-state index in [4.69, 9.17) is 4.52 Å². The van der Waals surface area contributed by atoms with E-state index in [1.54, 1.807) is 0 Å². The molecule has 1 aromatic heterocycles. The minimum Gasteiger partial charge on any atom is -0.361 e. The minimum atomic E-state index is 0. The summed E-state index contributed by atoms with van der Waals surface area (Å²) in [6, 6.07) is 0. The van der Waals surface area contributed by atoms with Crippen LogP contribution in [0.15, 0.2) is 4.52 Å². The van der Waals surface area contributed by atoms with E-state index in [0.29, 0.717) is 6.54 Å². The van der Waals surface area contributed by atoms with Crippen molar-refractivity contribution in [2.75, 3.05) is 19.6 Å². The van der Waals surface area contributed by atoms with Gasteiger partial charge in [0.15, 0.2) is 0 Å². The molecule has 0 bridgehead atoms. The zero-order chi connectivity index (χ0) is 13.0. The summed E-state index contributed by atoms with van der Waals surface area (Å²) in [5, 5.41) is 10.2. The second-order valence-electron chi connectivity index (χ2n) is 4.89. The van der Waals surface area contributed by atoms with E-state index in [1.165, 1.54) is 0 Å². The monoisotopic (exact) mass is 287 g/mol. The number of halogens is 1. The van der Waals surface area contributed by atoms with Crippen LogP contribution in [-0.4, -0.2) is 30.7 Å². The molecule has 1 saturated heterocycles. The van der Waals surface area contributed by atoms with Gasteiger partial charge < -0.3 is 15.2 Å². The summed E-state index contributed by atoms with van der Waals surface area (Å²) in [4.78, 5) is 11.9. The van der Waals surface area contributed by atoms with Gasteiger partial charge in [0.25, 0.3) is 0 Å². The molecule has 0 saturated carbocycles. The Morgan fingerprint density at radius 1 is 1.53 bits per heavy atom. The second kappa shape index (κ2) is 7.50. The number of carbonyl (C=O) groups is 1. The SMILES string of the molecule is Cc1noc(C)c1CCNC(=O)C1CCCNC1.Cl. The van der Waals surface area contributed by atoms with Crippen molar-refractivity contribution in [3.05, 3.63) is 17.0 Å². The van der Waals surface area contributed by atoms with E-state index in [2.05, 4.69) is 15.8 Å². The lowest BCUT2D eigenvalue weighted by atomic mass is 9.99. The lowest BCUT2D eigenvalue weighted by molar-refractivity contribution is -0.125. The molecule has 2 heterocycles. The van der Waals surface area contributed by atoms with Crippen LogP contribution in [0.1, 0.15) is 29.9 Å². The first-order valence-electron chi connectivity index (χ1n) is 6.58. The average molecular weight is 288 g/mol. The third-order valence-corrected chi connectivity index (χ3v) is 3.52.